The highest BCUT2D eigenvalue weighted by Gasteiger charge is 2.14. The molecule has 0 aliphatic heterocycles. The van der Waals surface area contributed by atoms with E-state index in [0.29, 0.717) is 5.92 Å². The van der Waals surface area contributed by atoms with Crippen LogP contribution in [0.3, 0.4) is 0 Å². The van der Waals surface area contributed by atoms with E-state index in [9.17, 15) is 0 Å². The highest BCUT2D eigenvalue weighted by Crippen LogP contribution is 2.40. The number of fused-ring (bicyclic) bond motifs is 6. The number of thiophene rings is 1. The number of furan rings is 1. The van der Waals surface area contributed by atoms with Gasteiger partial charge < -0.3 is 4.42 Å². The summed E-state index contributed by atoms with van der Waals surface area (Å²) in [4.78, 5) is 0. The van der Waals surface area contributed by atoms with Gasteiger partial charge in [-0.1, -0.05) is 128 Å². The summed E-state index contributed by atoms with van der Waals surface area (Å²) in [6.45, 7) is 2.29. The lowest BCUT2D eigenvalue weighted by atomic mass is 9.90. The van der Waals surface area contributed by atoms with Gasteiger partial charge in [-0.3, -0.25) is 0 Å². The molecule has 0 aliphatic rings. The molecule has 1 atom stereocenters. The lowest BCUT2D eigenvalue weighted by molar-refractivity contribution is 0.670. The SMILES string of the molecule is CC(c1ccc(-c2cccc3c2oc2ccccc23)cc1)c1ccc(-c2cccc3c2sc2ccccc23)cc1. The number of hydrogen-bond donors (Lipinski definition) is 0. The Morgan fingerprint density at radius 1 is 0.500 bits per heavy atom. The first kappa shape index (κ1) is 23.2. The predicted molar refractivity (Wildman–Crippen MR) is 171 cm³/mol. The van der Waals surface area contributed by atoms with E-state index >= 15 is 0 Å². The smallest absolute Gasteiger partial charge is 0.143 e. The fourth-order valence-electron chi connectivity index (χ4n) is 6.04. The largest absolute Gasteiger partial charge is 0.455 e. The third-order valence-corrected chi connectivity index (χ3v) is 9.47. The minimum Gasteiger partial charge on any atom is -0.455 e. The van der Waals surface area contributed by atoms with E-state index in [1.54, 1.807) is 0 Å². The summed E-state index contributed by atoms with van der Waals surface area (Å²) in [5.74, 6) is 0.296. The lowest BCUT2D eigenvalue weighted by Crippen LogP contribution is -1.96. The van der Waals surface area contributed by atoms with Crippen molar-refractivity contribution in [2.24, 2.45) is 0 Å². The summed E-state index contributed by atoms with van der Waals surface area (Å²) in [5.41, 5.74) is 9.39. The van der Waals surface area contributed by atoms with Crippen molar-refractivity contribution in [1.82, 2.24) is 0 Å². The van der Waals surface area contributed by atoms with Crippen molar-refractivity contribution in [3.05, 3.63) is 145 Å². The summed E-state index contributed by atoms with van der Waals surface area (Å²) >= 11 is 1.88. The van der Waals surface area contributed by atoms with E-state index < -0.39 is 0 Å². The van der Waals surface area contributed by atoms with Crippen molar-refractivity contribution < 1.29 is 4.42 Å². The van der Waals surface area contributed by atoms with Gasteiger partial charge in [0.05, 0.1) is 0 Å². The first-order valence-electron chi connectivity index (χ1n) is 13.8. The van der Waals surface area contributed by atoms with Crippen LogP contribution in [0.5, 0.6) is 0 Å². The molecule has 0 fully saturated rings. The van der Waals surface area contributed by atoms with Gasteiger partial charge in [-0.15, -0.1) is 11.3 Å². The number of rotatable bonds is 4. The average molecular weight is 531 g/mol. The maximum absolute atomic E-state index is 6.28. The maximum atomic E-state index is 6.28. The molecule has 2 heteroatoms. The Kier molecular flexibility index (Phi) is 5.36. The van der Waals surface area contributed by atoms with Gasteiger partial charge in [-0.25, -0.2) is 0 Å². The molecule has 0 amide bonds. The molecule has 0 spiro atoms. The molecule has 0 saturated heterocycles. The van der Waals surface area contributed by atoms with Gasteiger partial charge in [-0.2, -0.15) is 0 Å². The third-order valence-electron chi connectivity index (χ3n) is 8.25. The fourth-order valence-corrected chi connectivity index (χ4v) is 7.28. The fraction of sp³-hybridized carbons (Fsp3) is 0.0526. The van der Waals surface area contributed by atoms with Gasteiger partial charge in [0, 0.05) is 42.4 Å². The molecular weight excluding hydrogens is 504 g/mol. The monoisotopic (exact) mass is 530 g/mol. The van der Waals surface area contributed by atoms with E-state index in [1.807, 2.05) is 23.5 Å². The standard InChI is InChI=1S/C38H26OS/c1-24(25-16-20-27(21-17-25)29-10-6-12-33-31-8-2-4-14-35(31)39-37(29)33)26-18-22-28(23-19-26)30-11-7-13-34-32-9-3-5-15-36(32)40-38(30)34/h2-24H,1H3. The average Bonchev–Trinajstić information content (AvgIpc) is 3.59. The number of hydrogen-bond acceptors (Lipinski definition) is 2. The molecule has 8 rings (SSSR count). The minimum absolute atomic E-state index is 0.296. The van der Waals surface area contributed by atoms with Gasteiger partial charge >= 0.3 is 0 Å². The van der Waals surface area contributed by atoms with Gasteiger partial charge in [0.1, 0.15) is 11.2 Å². The van der Waals surface area contributed by atoms with Crippen LogP contribution in [0.1, 0.15) is 24.0 Å². The first-order valence-corrected chi connectivity index (χ1v) is 14.6. The van der Waals surface area contributed by atoms with Crippen LogP contribution in [-0.4, -0.2) is 0 Å². The Morgan fingerprint density at radius 2 is 1.07 bits per heavy atom. The molecule has 0 bridgehead atoms. The first-order chi connectivity index (χ1) is 19.7. The normalized spacial score (nSPS) is 12.5. The highest BCUT2D eigenvalue weighted by molar-refractivity contribution is 7.26. The summed E-state index contributed by atoms with van der Waals surface area (Å²) in [6.07, 6.45) is 0. The van der Waals surface area contributed by atoms with Crippen LogP contribution in [-0.2, 0) is 0 Å². The van der Waals surface area contributed by atoms with Crippen LogP contribution >= 0.6 is 11.3 Å². The zero-order valence-electron chi connectivity index (χ0n) is 22.1. The molecule has 6 aromatic carbocycles. The molecule has 0 radical (unpaired) electrons. The quantitative estimate of drug-likeness (QED) is 0.220. The van der Waals surface area contributed by atoms with Crippen molar-refractivity contribution in [3.63, 3.8) is 0 Å². The van der Waals surface area contributed by atoms with Crippen LogP contribution in [0.4, 0.5) is 0 Å². The van der Waals surface area contributed by atoms with Crippen molar-refractivity contribution in [2.45, 2.75) is 12.8 Å². The van der Waals surface area contributed by atoms with E-state index in [-0.39, 0.29) is 0 Å². The summed E-state index contributed by atoms with van der Waals surface area (Å²) in [7, 11) is 0. The molecule has 1 unspecified atom stereocenters. The Hall–Kier alpha value is -4.66. The molecule has 8 aromatic rings. The van der Waals surface area contributed by atoms with Crippen molar-refractivity contribution in [3.8, 4) is 22.3 Å². The Balaban J connectivity index is 1.10. The molecule has 1 nitrogen and oxygen atoms in total. The third kappa shape index (κ3) is 3.68. The second kappa shape index (κ2) is 9.22. The van der Waals surface area contributed by atoms with Crippen LogP contribution < -0.4 is 0 Å². The predicted octanol–water partition coefficient (Wildman–Crippen LogP) is 11.4. The number of para-hydroxylation sites is 2. The second-order valence-electron chi connectivity index (χ2n) is 10.5. The Labute approximate surface area is 236 Å². The zero-order valence-corrected chi connectivity index (χ0v) is 22.9. The van der Waals surface area contributed by atoms with E-state index in [0.717, 1.165) is 27.5 Å². The van der Waals surface area contributed by atoms with Gasteiger partial charge in [0.2, 0.25) is 0 Å². The molecule has 190 valence electrons. The van der Waals surface area contributed by atoms with Crippen molar-refractivity contribution in [1.29, 1.82) is 0 Å². The number of benzene rings is 6. The van der Waals surface area contributed by atoms with Crippen LogP contribution in [0.15, 0.2) is 138 Å². The Bertz CT molecular complexity index is 2000. The van der Waals surface area contributed by atoms with Crippen LogP contribution in [0, 0.1) is 0 Å². The van der Waals surface area contributed by atoms with Crippen LogP contribution in [0.2, 0.25) is 0 Å². The minimum atomic E-state index is 0.296. The molecule has 0 aliphatic carbocycles. The zero-order chi connectivity index (χ0) is 26.6. The topological polar surface area (TPSA) is 13.1 Å². The van der Waals surface area contributed by atoms with Crippen LogP contribution in [0.25, 0.3) is 64.4 Å². The van der Waals surface area contributed by atoms with Gasteiger partial charge in [0.25, 0.3) is 0 Å². The van der Waals surface area contributed by atoms with E-state index in [1.165, 1.54) is 48.0 Å². The summed E-state index contributed by atoms with van der Waals surface area (Å²) in [5, 5.41) is 5.01. The second-order valence-corrected chi connectivity index (χ2v) is 11.6. The highest BCUT2D eigenvalue weighted by atomic mass is 32.1. The van der Waals surface area contributed by atoms with Gasteiger partial charge in [-0.05, 0) is 39.9 Å². The molecule has 2 aromatic heterocycles. The maximum Gasteiger partial charge on any atom is 0.143 e. The summed E-state index contributed by atoms with van der Waals surface area (Å²) in [6, 6.07) is 48.1. The van der Waals surface area contributed by atoms with E-state index in [2.05, 4.69) is 128 Å². The molecule has 0 saturated carbocycles. The molecule has 0 N–H and O–H groups in total. The van der Waals surface area contributed by atoms with Crippen molar-refractivity contribution >= 4 is 53.4 Å². The Morgan fingerprint density at radius 3 is 1.82 bits per heavy atom. The molecule has 40 heavy (non-hydrogen) atoms. The lowest BCUT2D eigenvalue weighted by Gasteiger charge is -2.14. The molecule has 2 heterocycles. The van der Waals surface area contributed by atoms with Gasteiger partial charge in [0.15, 0.2) is 0 Å². The summed E-state index contributed by atoms with van der Waals surface area (Å²) < 4.78 is 8.98. The molecular formula is C38H26OS. The van der Waals surface area contributed by atoms with Crippen molar-refractivity contribution in [2.75, 3.05) is 0 Å². The van der Waals surface area contributed by atoms with E-state index in [4.69, 9.17) is 4.42 Å².